The first-order chi connectivity index (χ1) is 11.5. The summed E-state index contributed by atoms with van der Waals surface area (Å²) in [5.74, 6) is 0.474. The van der Waals surface area contributed by atoms with E-state index in [2.05, 4.69) is 6.07 Å². The van der Waals surface area contributed by atoms with Crippen LogP contribution in [0.2, 0.25) is 0 Å². The second kappa shape index (κ2) is 6.32. The van der Waals surface area contributed by atoms with Gasteiger partial charge in [0.05, 0.1) is 5.52 Å². The van der Waals surface area contributed by atoms with E-state index >= 15 is 0 Å². The molecule has 0 N–H and O–H groups in total. The molecule has 0 amide bonds. The van der Waals surface area contributed by atoms with E-state index in [1.54, 1.807) is 11.5 Å². The van der Waals surface area contributed by atoms with Crippen molar-refractivity contribution in [2.75, 3.05) is 6.61 Å². The van der Waals surface area contributed by atoms with Crippen LogP contribution in [0.5, 0.6) is 5.75 Å². The van der Waals surface area contributed by atoms with E-state index in [1.165, 1.54) is 0 Å². The summed E-state index contributed by atoms with van der Waals surface area (Å²) >= 11 is 0. The van der Waals surface area contributed by atoms with Crippen molar-refractivity contribution in [3.63, 3.8) is 0 Å². The van der Waals surface area contributed by atoms with Gasteiger partial charge < -0.3 is 4.74 Å². The molecule has 0 aliphatic carbocycles. The molecule has 0 bridgehead atoms. The number of hydrogen-bond donors (Lipinski definition) is 0. The predicted molar refractivity (Wildman–Crippen MR) is 94.1 cm³/mol. The number of fused-ring (bicyclic) bond motifs is 1. The Kier molecular flexibility index (Phi) is 4.21. The fourth-order valence-corrected chi connectivity index (χ4v) is 3.09. The predicted octanol–water partition coefficient (Wildman–Crippen LogP) is 4.10. The van der Waals surface area contributed by atoms with Crippen molar-refractivity contribution in [1.82, 2.24) is 4.57 Å². The number of hydrogen-bond acceptors (Lipinski definition) is 3. The van der Waals surface area contributed by atoms with Gasteiger partial charge in [0.15, 0.2) is 12.9 Å². The van der Waals surface area contributed by atoms with Gasteiger partial charge in [-0.15, -0.1) is 0 Å². The molecule has 122 valence electrons. The Balaban J connectivity index is 1.92. The minimum Gasteiger partial charge on any atom is -0.484 e. The smallest absolute Gasteiger partial charge is 0.269 e. The maximum atomic E-state index is 12.7. The van der Waals surface area contributed by atoms with Crippen LogP contribution in [0.15, 0.2) is 42.5 Å². The maximum absolute atomic E-state index is 12.7. The van der Waals surface area contributed by atoms with Crippen molar-refractivity contribution >= 4 is 23.1 Å². The third-order valence-corrected chi connectivity index (χ3v) is 4.09. The summed E-state index contributed by atoms with van der Waals surface area (Å²) in [6.07, 6.45) is 0.798. The summed E-state index contributed by atoms with van der Waals surface area (Å²) in [6.45, 7) is 5.67. The van der Waals surface area contributed by atoms with Gasteiger partial charge in [0.25, 0.3) is 5.91 Å². The van der Waals surface area contributed by atoms with Crippen LogP contribution in [-0.2, 0) is 0 Å². The largest absolute Gasteiger partial charge is 0.484 e. The number of benzene rings is 2. The van der Waals surface area contributed by atoms with Gasteiger partial charge in [-0.2, -0.15) is 0 Å². The molecule has 0 spiro atoms. The molecule has 0 saturated carbocycles. The molecule has 4 nitrogen and oxygen atoms in total. The molecule has 3 rings (SSSR count). The molecular weight excluding hydrogens is 302 g/mol. The molecular formula is C20H19NO3. The lowest BCUT2D eigenvalue weighted by Crippen LogP contribution is -2.20. The number of aldehydes is 1. The maximum Gasteiger partial charge on any atom is 0.269 e. The van der Waals surface area contributed by atoms with Gasteiger partial charge in [-0.3, -0.25) is 14.2 Å². The Morgan fingerprint density at radius 1 is 1.08 bits per heavy atom. The highest BCUT2D eigenvalue weighted by atomic mass is 16.5. The molecule has 1 aromatic heterocycles. The van der Waals surface area contributed by atoms with Crippen LogP contribution in [-0.4, -0.2) is 23.4 Å². The average Bonchev–Trinajstić information content (AvgIpc) is 2.83. The number of aryl methyl sites for hydroxylation is 2. The first-order valence-electron chi connectivity index (χ1n) is 7.81. The molecule has 0 unspecified atom stereocenters. The summed E-state index contributed by atoms with van der Waals surface area (Å²) < 4.78 is 7.23. The lowest BCUT2D eigenvalue weighted by molar-refractivity contribution is 0.0841. The van der Waals surface area contributed by atoms with E-state index in [0.29, 0.717) is 17.0 Å². The molecule has 0 aliphatic rings. The molecule has 0 radical (unpaired) electrons. The third kappa shape index (κ3) is 2.83. The Hall–Kier alpha value is -2.88. The summed E-state index contributed by atoms with van der Waals surface area (Å²) in [6, 6.07) is 13.2. The molecule has 0 atom stereocenters. The van der Waals surface area contributed by atoms with Gasteiger partial charge >= 0.3 is 0 Å². The molecule has 0 saturated heterocycles. The van der Waals surface area contributed by atoms with Crippen molar-refractivity contribution < 1.29 is 14.3 Å². The normalized spacial score (nSPS) is 10.8. The highest BCUT2D eigenvalue weighted by Gasteiger charge is 2.18. The van der Waals surface area contributed by atoms with Gasteiger partial charge in [0.2, 0.25) is 0 Å². The zero-order chi connectivity index (χ0) is 17.3. The molecule has 24 heavy (non-hydrogen) atoms. The molecule has 4 heteroatoms. The topological polar surface area (TPSA) is 48.3 Å². The van der Waals surface area contributed by atoms with Gasteiger partial charge in [-0.25, -0.2) is 0 Å². The monoisotopic (exact) mass is 321 g/mol. The van der Waals surface area contributed by atoms with E-state index in [0.717, 1.165) is 28.3 Å². The molecule has 2 aromatic carbocycles. The first-order valence-corrected chi connectivity index (χ1v) is 7.81. The van der Waals surface area contributed by atoms with Gasteiger partial charge in [0.1, 0.15) is 5.75 Å². The number of para-hydroxylation sites is 1. The SMILES string of the molecule is Cc1cc(C)cc(OCC(=O)n2c(C)c(C=O)c3ccccc32)c1. The zero-order valence-electron chi connectivity index (χ0n) is 14.0. The molecule has 3 aromatic rings. The Morgan fingerprint density at radius 2 is 1.75 bits per heavy atom. The fraction of sp³-hybridized carbons (Fsp3) is 0.200. The van der Waals surface area contributed by atoms with Crippen molar-refractivity contribution in [3.8, 4) is 5.75 Å². The van der Waals surface area contributed by atoms with Gasteiger partial charge in [0, 0.05) is 16.6 Å². The number of aromatic nitrogens is 1. The Bertz CT molecular complexity index is 917. The second-order valence-corrected chi connectivity index (χ2v) is 5.98. The van der Waals surface area contributed by atoms with Crippen LogP contribution >= 0.6 is 0 Å². The van der Waals surface area contributed by atoms with Crippen molar-refractivity contribution in [1.29, 1.82) is 0 Å². The minimum absolute atomic E-state index is 0.0826. The van der Waals surface area contributed by atoms with Gasteiger partial charge in [-0.1, -0.05) is 24.3 Å². The van der Waals surface area contributed by atoms with Crippen LogP contribution in [0.4, 0.5) is 0 Å². The average molecular weight is 321 g/mol. The van der Waals surface area contributed by atoms with Crippen LogP contribution in [0.3, 0.4) is 0 Å². The number of nitrogens with zero attached hydrogens (tertiary/aromatic N) is 1. The van der Waals surface area contributed by atoms with Crippen molar-refractivity contribution in [3.05, 3.63) is 64.8 Å². The third-order valence-electron chi connectivity index (χ3n) is 4.09. The lowest BCUT2D eigenvalue weighted by atomic mass is 10.1. The Labute approximate surface area is 140 Å². The zero-order valence-corrected chi connectivity index (χ0v) is 14.0. The van der Waals surface area contributed by atoms with E-state index in [1.807, 2.05) is 50.2 Å². The highest BCUT2D eigenvalue weighted by Crippen LogP contribution is 2.24. The lowest BCUT2D eigenvalue weighted by Gasteiger charge is -2.10. The van der Waals surface area contributed by atoms with E-state index in [9.17, 15) is 9.59 Å². The van der Waals surface area contributed by atoms with Crippen LogP contribution in [0.25, 0.3) is 10.9 Å². The summed E-state index contributed by atoms with van der Waals surface area (Å²) in [4.78, 5) is 24.0. The van der Waals surface area contributed by atoms with Crippen LogP contribution in [0.1, 0.15) is 32.0 Å². The fourth-order valence-electron chi connectivity index (χ4n) is 3.09. The number of carbonyl (C=O) groups excluding carboxylic acids is 2. The minimum atomic E-state index is -0.198. The molecule has 1 heterocycles. The number of carbonyl (C=O) groups is 2. The number of rotatable bonds is 4. The van der Waals surface area contributed by atoms with E-state index < -0.39 is 0 Å². The summed E-state index contributed by atoms with van der Waals surface area (Å²) in [7, 11) is 0. The standard InChI is InChI=1S/C20H19NO3/c1-13-8-14(2)10-16(9-13)24-12-20(23)21-15(3)18(11-22)17-6-4-5-7-19(17)21/h4-11H,12H2,1-3H3. The first kappa shape index (κ1) is 16.0. The Morgan fingerprint density at radius 3 is 2.42 bits per heavy atom. The van der Waals surface area contributed by atoms with Crippen molar-refractivity contribution in [2.45, 2.75) is 20.8 Å². The van der Waals surface area contributed by atoms with E-state index in [-0.39, 0.29) is 12.5 Å². The van der Waals surface area contributed by atoms with Crippen LogP contribution < -0.4 is 4.74 Å². The van der Waals surface area contributed by atoms with Crippen LogP contribution in [0, 0.1) is 20.8 Å². The van der Waals surface area contributed by atoms with Gasteiger partial charge in [-0.05, 0) is 50.1 Å². The molecule has 0 fully saturated rings. The highest BCUT2D eigenvalue weighted by molar-refractivity contribution is 6.04. The quantitative estimate of drug-likeness (QED) is 0.680. The number of ether oxygens (including phenoxy) is 1. The molecule has 0 aliphatic heterocycles. The van der Waals surface area contributed by atoms with E-state index in [4.69, 9.17) is 4.74 Å². The summed E-state index contributed by atoms with van der Waals surface area (Å²) in [5.41, 5.74) is 4.09. The van der Waals surface area contributed by atoms with Crippen molar-refractivity contribution in [2.24, 2.45) is 0 Å². The summed E-state index contributed by atoms with van der Waals surface area (Å²) in [5, 5.41) is 0.782. The second-order valence-electron chi connectivity index (χ2n) is 5.98.